The van der Waals surface area contributed by atoms with E-state index in [4.69, 9.17) is 20.8 Å². The number of nitro groups is 1. The average Bonchev–Trinajstić information content (AvgIpc) is 3.23. The SMILES string of the molecule is CCCS(=O)(=O)N(C(=O)c1ccc(-c2ccc(Cl)cc2[N+](=O)[O-])o1)c1ccc(OC)c(F)c1. The number of anilines is 1. The highest BCUT2D eigenvalue weighted by Crippen LogP contribution is 2.34. The Labute approximate surface area is 193 Å². The van der Waals surface area contributed by atoms with Crippen LogP contribution in [0.4, 0.5) is 15.8 Å². The van der Waals surface area contributed by atoms with E-state index in [1.54, 1.807) is 6.92 Å². The molecule has 0 N–H and O–H groups in total. The molecule has 0 unspecified atom stereocenters. The number of amides is 1. The molecule has 0 aliphatic heterocycles. The second-order valence-electron chi connectivity index (χ2n) is 6.79. The molecule has 0 radical (unpaired) electrons. The van der Waals surface area contributed by atoms with Crippen LogP contribution in [0.25, 0.3) is 11.3 Å². The summed E-state index contributed by atoms with van der Waals surface area (Å²) in [7, 11) is -2.96. The number of methoxy groups -OCH3 is 1. The number of furan rings is 1. The second-order valence-corrected chi connectivity index (χ2v) is 9.16. The molecule has 3 rings (SSSR count). The molecule has 0 saturated heterocycles. The zero-order valence-corrected chi connectivity index (χ0v) is 19.0. The van der Waals surface area contributed by atoms with E-state index in [2.05, 4.69) is 0 Å². The lowest BCUT2D eigenvalue weighted by Gasteiger charge is -2.21. The molecule has 9 nitrogen and oxygen atoms in total. The van der Waals surface area contributed by atoms with Crippen LogP contribution in [0, 0.1) is 15.9 Å². The van der Waals surface area contributed by atoms with Crippen molar-refractivity contribution < 1.29 is 31.7 Å². The highest BCUT2D eigenvalue weighted by Gasteiger charge is 2.32. The van der Waals surface area contributed by atoms with Gasteiger partial charge in [-0.3, -0.25) is 14.9 Å². The average molecular weight is 497 g/mol. The highest BCUT2D eigenvalue weighted by atomic mass is 35.5. The number of nitrogens with zero attached hydrogens (tertiary/aromatic N) is 2. The Kier molecular flexibility index (Phi) is 7.04. The van der Waals surface area contributed by atoms with E-state index in [0.717, 1.165) is 12.1 Å². The molecule has 1 heterocycles. The van der Waals surface area contributed by atoms with Crippen LogP contribution in [-0.2, 0) is 10.0 Å². The fourth-order valence-electron chi connectivity index (χ4n) is 3.10. The summed E-state index contributed by atoms with van der Waals surface area (Å²) in [5.41, 5.74) is -0.562. The molecule has 33 heavy (non-hydrogen) atoms. The number of ether oxygens (including phenoxy) is 1. The monoisotopic (exact) mass is 496 g/mol. The van der Waals surface area contributed by atoms with E-state index in [1.807, 2.05) is 0 Å². The fraction of sp³-hybridized carbons (Fsp3) is 0.190. The predicted octanol–water partition coefficient (Wildman–Crippen LogP) is 5.04. The Hall–Kier alpha value is -3.44. The van der Waals surface area contributed by atoms with Crippen molar-refractivity contribution in [3.05, 3.63) is 75.2 Å². The van der Waals surface area contributed by atoms with Crippen molar-refractivity contribution in [3.8, 4) is 17.1 Å². The lowest BCUT2D eigenvalue weighted by Crippen LogP contribution is -2.38. The highest BCUT2D eigenvalue weighted by molar-refractivity contribution is 7.93. The van der Waals surface area contributed by atoms with Gasteiger partial charge in [0, 0.05) is 17.2 Å². The van der Waals surface area contributed by atoms with E-state index in [9.17, 15) is 27.7 Å². The van der Waals surface area contributed by atoms with Gasteiger partial charge in [-0.15, -0.1) is 0 Å². The largest absolute Gasteiger partial charge is 0.494 e. The molecule has 0 fully saturated rings. The second kappa shape index (κ2) is 9.59. The summed E-state index contributed by atoms with van der Waals surface area (Å²) in [6.45, 7) is 1.61. The molecule has 3 aromatic rings. The van der Waals surface area contributed by atoms with E-state index in [0.29, 0.717) is 4.31 Å². The molecule has 0 bridgehead atoms. The molecule has 0 atom stereocenters. The summed E-state index contributed by atoms with van der Waals surface area (Å²) >= 11 is 5.83. The Morgan fingerprint density at radius 2 is 1.94 bits per heavy atom. The third-order valence-electron chi connectivity index (χ3n) is 4.53. The number of rotatable bonds is 8. The van der Waals surface area contributed by atoms with E-state index in [-0.39, 0.29) is 45.6 Å². The third-order valence-corrected chi connectivity index (χ3v) is 6.63. The minimum atomic E-state index is -4.20. The van der Waals surface area contributed by atoms with Gasteiger partial charge in [-0.2, -0.15) is 4.31 Å². The van der Waals surface area contributed by atoms with Gasteiger partial charge in [0.15, 0.2) is 17.3 Å². The predicted molar refractivity (Wildman–Crippen MR) is 120 cm³/mol. The summed E-state index contributed by atoms with van der Waals surface area (Å²) in [6, 6.07) is 9.63. The van der Waals surface area contributed by atoms with Crippen molar-refractivity contribution >= 4 is 38.9 Å². The topological polar surface area (TPSA) is 120 Å². The smallest absolute Gasteiger partial charge is 0.307 e. The summed E-state index contributed by atoms with van der Waals surface area (Å²) in [6.07, 6.45) is 0.200. The first-order valence-electron chi connectivity index (χ1n) is 9.54. The van der Waals surface area contributed by atoms with E-state index >= 15 is 0 Å². The Morgan fingerprint density at radius 1 is 1.21 bits per heavy atom. The van der Waals surface area contributed by atoms with Gasteiger partial charge in [0.05, 0.1) is 29.0 Å². The molecule has 0 saturated carbocycles. The summed E-state index contributed by atoms with van der Waals surface area (Å²) in [4.78, 5) is 23.9. The first-order chi connectivity index (χ1) is 15.6. The van der Waals surface area contributed by atoms with Gasteiger partial charge >= 0.3 is 5.91 Å². The number of sulfonamides is 1. The first kappa shape index (κ1) is 24.2. The van der Waals surface area contributed by atoms with Crippen molar-refractivity contribution in [1.82, 2.24) is 0 Å². The van der Waals surface area contributed by atoms with Gasteiger partial charge in [-0.25, -0.2) is 12.8 Å². The normalized spacial score (nSPS) is 11.3. The van der Waals surface area contributed by atoms with Gasteiger partial charge in [0.1, 0.15) is 5.76 Å². The van der Waals surface area contributed by atoms with Crippen LogP contribution in [0.5, 0.6) is 5.75 Å². The molecule has 1 amide bonds. The number of carbonyl (C=O) groups excluding carboxylic acids is 1. The maximum atomic E-state index is 14.3. The summed E-state index contributed by atoms with van der Waals surface area (Å²) in [5, 5.41) is 11.5. The Balaban J connectivity index is 2.08. The molecule has 2 aromatic carbocycles. The van der Waals surface area contributed by atoms with Crippen LogP contribution in [0.2, 0.25) is 5.02 Å². The van der Waals surface area contributed by atoms with Gasteiger partial charge in [0.2, 0.25) is 10.0 Å². The van der Waals surface area contributed by atoms with E-state index < -0.39 is 32.4 Å². The summed E-state index contributed by atoms with van der Waals surface area (Å²) < 4.78 is 50.8. The van der Waals surface area contributed by atoms with Crippen LogP contribution >= 0.6 is 11.6 Å². The van der Waals surface area contributed by atoms with Crippen molar-refractivity contribution in [1.29, 1.82) is 0 Å². The molecule has 12 heteroatoms. The van der Waals surface area contributed by atoms with Crippen molar-refractivity contribution in [2.24, 2.45) is 0 Å². The lowest BCUT2D eigenvalue weighted by atomic mass is 10.1. The minimum absolute atomic E-state index is 0.0434. The maximum Gasteiger partial charge on any atom is 0.307 e. The molecule has 174 valence electrons. The zero-order chi connectivity index (χ0) is 24.3. The number of hydrogen-bond donors (Lipinski definition) is 0. The van der Waals surface area contributed by atoms with Gasteiger partial charge in [0.25, 0.3) is 5.69 Å². The Bertz CT molecular complexity index is 1320. The van der Waals surface area contributed by atoms with Gasteiger partial charge in [-0.05, 0) is 42.8 Å². The Morgan fingerprint density at radius 3 is 2.55 bits per heavy atom. The standard InChI is InChI=1S/C21H18ClFN2O7S/c1-3-10-33(29,30)24(14-5-7-19(31-2)16(23)12-14)21(26)20-9-8-18(32-20)15-6-4-13(22)11-17(15)25(27)28/h4-9,11-12H,3,10H2,1-2H3. The quantitative estimate of drug-likeness (QED) is 0.316. The number of nitro benzene ring substituents is 1. The number of benzene rings is 2. The third kappa shape index (κ3) is 4.99. The molecule has 0 spiro atoms. The van der Waals surface area contributed by atoms with Gasteiger partial charge in [-0.1, -0.05) is 18.5 Å². The number of hydrogen-bond acceptors (Lipinski definition) is 7. The van der Waals surface area contributed by atoms with Crippen molar-refractivity contribution in [3.63, 3.8) is 0 Å². The fourth-order valence-corrected chi connectivity index (χ4v) is 4.74. The molecular weight excluding hydrogens is 479 g/mol. The van der Waals surface area contributed by atoms with Crippen molar-refractivity contribution in [2.45, 2.75) is 13.3 Å². The minimum Gasteiger partial charge on any atom is -0.494 e. The van der Waals surface area contributed by atoms with Crippen LogP contribution in [0.15, 0.2) is 52.9 Å². The molecule has 0 aliphatic carbocycles. The zero-order valence-electron chi connectivity index (χ0n) is 17.4. The van der Waals surface area contributed by atoms with Crippen LogP contribution in [0.3, 0.4) is 0 Å². The summed E-state index contributed by atoms with van der Waals surface area (Å²) in [5.74, 6) is -2.93. The maximum absolute atomic E-state index is 14.3. The first-order valence-corrected chi connectivity index (χ1v) is 11.5. The number of carbonyl (C=O) groups is 1. The van der Waals surface area contributed by atoms with Gasteiger partial charge < -0.3 is 9.15 Å². The van der Waals surface area contributed by atoms with E-state index in [1.165, 1.54) is 43.5 Å². The lowest BCUT2D eigenvalue weighted by molar-refractivity contribution is -0.384. The van der Waals surface area contributed by atoms with Crippen LogP contribution in [-0.4, -0.2) is 32.1 Å². The molecule has 0 aliphatic rings. The van der Waals surface area contributed by atoms with Crippen LogP contribution < -0.4 is 9.04 Å². The molecule has 1 aromatic heterocycles. The molecular formula is C21H18ClFN2O7S. The number of halogens is 2. The van der Waals surface area contributed by atoms with Crippen molar-refractivity contribution in [2.75, 3.05) is 17.2 Å². The van der Waals surface area contributed by atoms with Crippen LogP contribution in [0.1, 0.15) is 23.9 Å².